The number of nitrogens with zero attached hydrogens (tertiary/aromatic N) is 1. The lowest BCUT2D eigenvalue weighted by Crippen LogP contribution is -2.54. The van der Waals surface area contributed by atoms with Gasteiger partial charge in [0.25, 0.3) is 0 Å². The number of amides is 1. The van der Waals surface area contributed by atoms with Gasteiger partial charge in [-0.1, -0.05) is 112 Å². The Labute approximate surface area is 240 Å². The molecule has 5 heteroatoms. The Hall–Kier alpha value is -1.88. The van der Waals surface area contributed by atoms with Crippen molar-refractivity contribution < 1.29 is 14.3 Å². The molecule has 0 radical (unpaired) electrons. The van der Waals surface area contributed by atoms with Crippen LogP contribution in [0.4, 0.5) is 4.79 Å². The minimum atomic E-state index is -2.22. The third-order valence-electron chi connectivity index (χ3n) is 10.3. The molecule has 1 aliphatic carbocycles. The third kappa shape index (κ3) is 6.23. The zero-order valence-electron chi connectivity index (χ0n) is 26.4. The van der Waals surface area contributed by atoms with E-state index in [4.69, 9.17) is 4.74 Å². The summed E-state index contributed by atoms with van der Waals surface area (Å²) < 4.78 is 6.52. The van der Waals surface area contributed by atoms with Crippen LogP contribution in [0.3, 0.4) is 0 Å². The van der Waals surface area contributed by atoms with Crippen LogP contribution in [0.25, 0.3) is 0 Å². The van der Waals surface area contributed by atoms with Crippen LogP contribution in [0.5, 0.6) is 0 Å². The number of ether oxygens (including phenoxy) is 1. The van der Waals surface area contributed by atoms with Gasteiger partial charge >= 0.3 is 6.09 Å². The number of Topliss-reactive ketones (excluding diaryl/α,β-unsaturated/α-hetero) is 1. The van der Waals surface area contributed by atoms with E-state index in [1.807, 2.05) is 11.1 Å². The average Bonchev–Trinajstić information content (AvgIpc) is 2.85. The van der Waals surface area contributed by atoms with E-state index in [-0.39, 0.29) is 35.4 Å². The van der Waals surface area contributed by atoms with Crippen LogP contribution in [0.15, 0.2) is 41.7 Å². The second-order valence-corrected chi connectivity index (χ2v) is 19.8. The fraction of sp³-hybridized carbons (Fsp3) is 0.706. The predicted molar refractivity (Wildman–Crippen MR) is 166 cm³/mol. The molecule has 2 aliphatic rings. The van der Waals surface area contributed by atoms with Crippen LogP contribution in [0, 0.1) is 11.8 Å². The average molecular weight is 554 g/mol. The van der Waals surface area contributed by atoms with Crippen LogP contribution in [-0.2, 0) is 14.9 Å². The summed E-state index contributed by atoms with van der Waals surface area (Å²) in [5.74, 6) is 1.03. The molecule has 1 aromatic rings. The van der Waals surface area contributed by atoms with Crippen LogP contribution in [0.2, 0.25) is 16.6 Å². The summed E-state index contributed by atoms with van der Waals surface area (Å²) >= 11 is 0. The van der Waals surface area contributed by atoms with Gasteiger partial charge in [-0.25, -0.2) is 4.79 Å². The molecule has 1 heterocycles. The number of hydrogen-bond donors (Lipinski definition) is 0. The Morgan fingerprint density at radius 2 is 1.62 bits per heavy atom. The Balaban J connectivity index is 2.00. The minimum absolute atomic E-state index is 0.108. The van der Waals surface area contributed by atoms with E-state index in [9.17, 15) is 9.59 Å². The van der Waals surface area contributed by atoms with Crippen molar-refractivity contribution in [3.05, 3.63) is 47.3 Å². The van der Waals surface area contributed by atoms with Gasteiger partial charge in [0.15, 0.2) is 5.78 Å². The number of carbonyl (C=O) groups is 2. The highest BCUT2D eigenvalue weighted by Crippen LogP contribution is 2.49. The number of ketones is 1. The summed E-state index contributed by atoms with van der Waals surface area (Å²) in [6, 6.07) is 10.5. The van der Waals surface area contributed by atoms with Gasteiger partial charge in [0.05, 0.1) is 0 Å². The molecule has 218 valence electrons. The SMILES string of the molecule is CCC[C@@H]1CC(=O)C([Si](C(C)C)(C(C)C)C(C)C)=CN1C(=O)O[C@@H]1C[C@H](C)CC[C@H]1C(C)(C)c1ccccc1. The van der Waals surface area contributed by atoms with Gasteiger partial charge in [-0.15, -0.1) is 0 Å². The number of carbonyl (C=O) groups excluding carboxylic acids is 2. The van der Waals surface area contributed by atoms with Crippen LogP contribution in [0.1, 0.15) is 113 Å². The molecule has 1 aliphatic heterocycles. The molecule has 1 amide bonds. The number of benzene rings is 1. The molecular weight excluding hydrogens is 498 g/mol. The third-order valence-corrected chi connectivity index (χ3v) is 17.4. The van der Waals surface area contributed by atoms with Gasteiger partial charge in [0.2, 0.25) is 0 Å². The highest BCUT2D eigenvalue weighted by atomic mass is 28.3. The molecule has 1 aromatic carbocycles. The van der Waals surface area contributed by atoms with E-state index >= 15 is 0 Å². The molecule has 3 rings (SSSR count). The van der Waals surface area contributed by atoms with Crippen molar-refractivity contribution >= 4 is 20.0 Å². The first-order chi connectivity index (χ1) is 18.3. The van der Waals surface area contributed by atoms with Crippen molar-refractivity contribution in [2.75, 3.05) is 0 Å². The number of rotatable bonds is 9. The second kappa shape index (κ2) is 12.7. The molecule has 0 saturated heterocycles. The van der Waals surface area contributed by atoms with Gasteiger partial charge in [-0.05, 0) is 58.0 Å². The van der Waals surface area contributed by atoms with Crippen LogP contribution in [-0.4, -0.2) is 37.0 Å². The summed E-state index contributed by atoms with van der Waals surface area (Å²) in [6.07, 6.45) is 6.81. The molecule has 0 aromatic heterocycles. The molecule has 0 unspecified atom stereocenters. The highest BCUT2D eigenvalue weighted by Gasteiger charge is 2.51. The smallest absolute Gasteiger partial charge is 0.414 e. The Bertz CT molecular complexity index is 991. The molecule has 1 fully saturated rings. The lowest BCUT2D eigenvalue weighted by atomic mass is 9.64. The molecule has 1 saturated carbocycles. The molecule has 39 heavy (non-hydrogen) atoms. The highest BCUT2D eigenvalue weighted by molar-refractivity contribution is 6.93. The minimum Gasteiger partial charge on any atom is -0.446 e. The summed E-state index contributed by atoms with van der Waals surface area (Å²) in [4.78, 5) is 29.7. The monoisotopic (exact) mass is 553 g/mol. The molecule has 0 N–H and O–H groups in total. The summed E-state index contributed by atoms with van der Waals surface area (Å²) in [7, 11) is -2.22. The van der Waals surface area contributed by atoms with E-state index in [0.29, 0.717) is 29.0 Å². The molecule has 0 spiro atoms. The lowest BCUT2D eigenvalue weighted by molar-refractivity contribution is -0.116. The fourth-order valence-electron chi connectivity index (χ4n) is 8.36. The first kappa shape index (κ1) is 31.6. The predicted octanol–water partition coefficient (Wildman–Crippen LogP) is 9.45. The van der Waals surface area contributed by atoms with Crippen molar-refractivity contribution in [1.82, 2.24) is 4.90 Å². The molecule has 0 bridgehead atoms. The van der Waals surface area contributed by atoms with Crippen LogP contribution >= 0.6 is 0 Å². The van der Waals surface area contributed by atoms with E-state index in [2.05, 4.69) is 99.6 Å². The van der Waals surface area contributed by atoms with E-state index < -0.39 is 8.07 Å². The van der Waals surface area contributed by atoms with E-state index in [0.717, 1.165) is 37.3 Å². The van der Waals surface area contributed by atoms with Gasteiger partial charge in [-0.3, -0.25) is 9.69 Å². The van der Waals surface area contributed by atoms with Crippen molar-refractivity contribution in [3.63, 3.8) is 0 Å². The second-order valence-electron chi connectivity index (χ2n) is 14.0. The van der Waals surface area contributed by atoms with Gasteiger partial charge in [-0.2, -0.15) is 0 Å². The van der Waals surface area contributed by atoms with E-state index in [1.54, 1.807) is 0 Å². The maximum atomic E-state index is 14.1. The zero-order valence-corrected chi connectivity index (χ0v) is 27.4. The van der Waals surface area contributed by atoms with Crippen molar-refractivity contribution in [2.45, 2.75) is 142 Å². The van der Waals surface area contributed by atoms with Crippen molar-refractivity contribution in [3.8, 4) is 0 Å². The summed E-state index contributed by atoms with van der Waals surface area (Å²) in [5.41, 5.74) is 2.40. The summed E-state index contributed by atoms with van der Waals surface area (Å²) in [6.45, 7) is 22.7. The zero-order chi connectivity index (χ0) is 29.1. The fourth-order valence-corrected chi connectivity index (χ4v) is 15.2. The number of allylic oxidation sites excluding steroid dienone is 1. The van der Waals surface area contributed by atoms with Gasteiger partial charge in [0, 0.05) is 24.6 Å². The van der Waals surface area contributed by atoms with E-state index in [1.165, 1.54) is 5.56 Å². The lowest BCUT2D eigenvalue weighted by Gasteiger charge is -2.48. The maximum absolute atomic E-state index is 14.1. The van der Waals surface area contributed by atoms with Crippen LogP contribution < -0.4 is 0 Å². The Morgan fingerprint density at radius 3 is 2.15 bits per heavy atom. The van der Waals surface area contributed by atoms with Crippen molar-refractivity contribution in [1.29, 1.82) is 0 Å². The molecule has 4 nitrogen and oxygen atoms in total. The quantitative estimate of drug-likeness (QED) is 0.286. The maximum Gasteiger partial charge on any atom is 0.414 e. The normalized spacial score (nSPS) is 24.9. The summed E-state index contributed by atoms with van der Waals surface area (Å²) in [5, 5.41) is 0.949. The Morgan fingerprint density at radius 1 is 1.03 bits per heavy atom. The first-order valence-corrected chi connectivity index (χ1v) is 17.8. The largest absolute Gasteiger partial charge is 0.446 e. The van der Waals surface area contributed by atoms with Gasteiger partial charge < -0.3 is 4.74 Å². The van der Waals surface area contributed by atoms with Crippen molar-refractivity contribution in [2.24, 2.45) is 11.8 Å². The first-order valence-electron chi connectivity index (χ1n) is 15.6. The molecule has 4 atom stereocenters. The molecular formula is C34H55NO3Si. The standard InChI is InChI=1S/C34H55NO3Si/c1-11-15-28-21-30(36)32(39(23(2)3,24(4)5)25(6)7)22-35(28)33(37)38-31-20-26(8)18-19-29(31)34(9,10)27-16-13-12-14-17-27/h12-14,16-17,22-26,28-29,31H,11,15,18-21H2,1-10H3/t26-,28-,29-,31-/m1/s1. The Kier molecular flexibility index (Phi) is 10.3. The number of hydrogen-bond acceptors (Lipinski definition) is 3. The van der Waals surface area contributed by atoms with Gasteiger partial charge in [0.1, 0.15) is 14.2 Å². The topological polar surface area (TPSA) is 46.6 Å².